The van der Waals surface area contributed by atoms with Gasteiger partial charge in [0.05, 0.1) is 20.8 Å². The highest BCUT2D eigenvalue weighted by atomic mass is 35.5. The molecular formula is C12H13Cl3N2O3. The Kier molecular flexibility index (Phi) is 6.39. The lowest BCUT2D eigenvalue weighted by Gasteiger charge is -2.14. The van der Waals surface area contributed by atoms with E-state index >= 15 is 0 Å². The summed E-state index contributed by atoms with van der Waals surface area (Å²) >= 11 is 17.5. The van der Waals surface area contributed by atoms with Crippen LogP contribution in [-0.4, -0.2) is 23.1 Å². The van der Waals surface area contributed by atoms with Crippen molar-refractivity contribution in [2.75, 3.05) is 5.32 Å². The van der Waals surface area contributed by atoms with Crippen LogP contribution in [0, 0.1) is 0 Å². The van der Waals surface area contributed by atoms with Crippen LogP contribution >= 0.6 is 34.8 Å². The molecule has 1 aromatic carbocycles. The van der Waals surface area contributed by atoms with Gasteiger partial charge in [0.2, 0.25) is 0 Å². The van der Waals surface area contributed by atoms with Crippen LogP contribution < -0.4 is 10.6 Å². The molecule has 1 atom stereocenters. The molecule has 1 unspecified atom stereocenters. The highest BCUT2D eigenvalue weighted by molar-refractivity contribution is 6.44. The number of benzene rings is 1. The highest BCUT2D eigenvalue weighted by Crippen LogP contribution is 2.32. The van der Waals surface area contributed by atoms with Gasteiger partial charge in [0.25, 0.3) is 0 Å². The summed E-state index contributed by atoms with van der Waals surface area (Å²) in [4.78, 5) is 22.1. The van der Waals surface area contributed by atoms with Gasteiger partial charge in [-0.1, -0.05) is 34.8 Å². The third-order valence-electron chi connectivity index (χ3n) is 2.43. The summed E-state index contributed by atoms with van der Waals surface area (Å²) in [5.41, 5.74) is 0.323. The quantitative estimate of drug-likeness (QED) is 0.709. The molecule has 110 valence electrons. The Morgan fingerprint density at radius 3 is 2.40 bits per heavy atom. The van der Waals surface area contributed by atoms with E-state index in [0.29, 0.717) is 12.1 Å². The number of hydrogen-bond acceptors (Lipinski definition) is 2. The maximum Gasteiger partial charge on any atom is 0.319 e. The normalized spacial score (nSPS) is 11.8. The van der Waals surface area contributed by atoms with Gasteiger partial charge in [-0.25, -0.2) is 4.79 Å². The highest BCUT2D eigenvalue weighted by Gasteiger charge is 2.12. The Morgan fingerprint density at radius 1 is 1.20 bits per heavy atom. The number of carboxylic acids is 1. The van der Waals surface area contributed by atoms with E-state index in [1.54, 1.807) is 6.92 Å². The Bertz CT molecular complexity index is 523. The molecule has 0 radical (unpaired) electrons. The van der Waals surface area contributed by atoms with Crippen molar-refractivity contribution in [3.05, 3.63) is 27.2 Å². The topological polar surface area (TPSA) is 78.4 Å². The van der Waals surface area contributed by atoms with Gasteiger partial charge in [0.15, 0.2) is 0 Å². The summed E-state index contributed by atoms with van der Waals surface area (Å²) in [6.45, 7) is 1.71. The predicted octanol–water partition coefficient (Wildman–Crippen LogP) is 4.02. The first-order chi connectivity index (χ1) is 9.29. The van der Waals surface area contributed by atoms with Crippen LogP contribution in [-0.2, 0) is 4.79 Å². The first kappa shape index (κ1) is 16.9. The number of amides is 2. The number of hydrogen-bond donors (Lipinski definition) is 3. The third-order valence-corrected chi connectivity index (χ3v) is 3.46. The molecule has 0 fully saturated rings. The smallest absolute Gasteiger partial charge is 0.319 e. The Hall–Kier alpha value is -1.17. The van der Waals surface area contributed by atoms with Gasteiger partial charge in [0, 0.05) is 12.5 Å². The Labute approximate surface area is 131 Å². The van der Waals surface area contributed by atoms with Crippen molar-refractivity contribution in [3.63, 3.8) is 0 Å². The average Bonchev–Trinajstić information content (AvgIpc) is 2.33. The Balaban J connectivity index is 2.58. The van der Waals surface area contributed by atoms with E-state index in [0.717, 1.165) is 0 Å². The van der Waals surface area contributed by atoms with Crippen molar-refractivity contribution in [3.8, 4) is 0 Å². The zero-order valence-electron chi connectivity index (χ0n) is 10.5. The summed E-state index contributed by atoms with van der Waals surface area (Å²) in [6, 6.07) is 2.08. The molecule has 5 nitrogen and oxygen atoms in total. The molecule has 2 amide bonds. The lowest BCUT2D eigenvalue weighted by Crippen LogP contribution is -2.36. The molecule has 0 aromatic heterocycles. The van der Waals surface area contributed by atoms with Crippen LogP contribution in [0.4, 0.5) is 10.5 Å². The van der Waals surface area contributed by atoms with Crippen molar-refractivity contribution in [1.82, 2.24) is 5.32 Å². The first-order valence-electron chi connectivity index (χ1n) is 5.73. The molecule has 0 aliphatic heterocycles. The summed E-state index contributed by atoms with van der Waals surface area (Å²) in [6.07, 6.45) is 0.312. The average molecular weight is 340 g/mol. The van der Waals surface area contributed by atoms with Crippen LogP contribution in [0.25, 0.3) is 0 Å². The molecule has 1 rings (SSSR count). The number of carbonyl (C=O) groups excluding carboxylic acids is 1. The van der Waals surface area contributed by atoms with E-state index in [1.807, 2.05) is 0 Å². The lowest BCUT2D eigenvalue weighted by molar-refractivity contribution is -0.137. The fraction of sp³-hybridized carbons (Fsp3) is 0.333. The molecule has 20 heavy (non-hydrogen) atoms. The summed E-state index contributed by atoms with van der Waals surface area (Å²) in [5, 5.41) is 14.5. The van der Waals surface area contributed by atoms with Gasteiger partial charge in [-0.05, 0) is 25.5 Å². The minimum Gasteiger partial charge on any atom is -0.481 e. The van der Waals surface area contributed by atoms with Crippen LogP contribution in [0.2, 0.25) is 15.1 Å². The maximum atomic E-state index is 11.7. The van der Waals surface area contributed by atoms with Gasteiger partial charge >= 0.3 is 12.0 Å². The monoisotopic (exact) mass is 338 g/mol. The van der Waals surface area contributed by atoms with Gasteiger partial charge in [-0.15, -0.1) is 0 Å². The Morgan fingerprint density at radius 2 is 1.80 bits per heavy atom. The van der Waals surface area contributed by atoms with Gasteiger partial charge in [-0.3, -0.25) is 4.79 Å². The van der Waals surface area contributed by atoms with Crippen molar-refractivity contribution >= 4 is 52.5 Å². The predicted molar refractivity (Wildman–Crippen MR) is 80.0 cm³/mol. The molecule has 0 heterocycles. The number of aliphatic carboxylic acids is 1. The van der Waals surface area contributed by atoms with Gasteiger partial charge in [-0.2, -0.15) is 0 Å². The number of halogens is 3. The largest absolute Gasteiger partial charge is 0.481 e. The van der Waals surface area contributed by atoms with E-state index in [-0.39, 0.29) is 27.5 Å². The fourth-order valence-electron chi connectivity index (χ4n) is 1.41. The van der Waals surface area contributed by atoms with Crippen LogP contribution in [0.5, 0.6) is 0 Å². The number of nitrogens with one attached hydrogen (secondary N) is 2. The second-order valence-corrected chi connectivity index (χ2v) is 5.40. The maximum absolute atomic E-state index is 11.7. The zero-order valence-corrected chi connectivity index (χ0v) is 12.8. The number of rotatable bonds is 5. The molecule has 1 aromatic rings. The second kappa shape index (κ2) is 7.57. The lowest BCUT2D eigenvalue weighted by atomic mass is 10.2. The SMILES string of the molecule is CC(CCC(=O)O)NC(=O)Nc1cc(Cl)c(Cl)cc1Cl. The van der Waals surface area contributed by atoms with Crippen LogP contribution in [0.1, 0.15) is 19.8 Å². The van der Waals surface area contributed by atoms with E-state index in [1.165, 1.54) is 12.1 Å². The molecule has 0 aliphatic carbocycles. The minimum absolute atomic E-state index is 0.0189. The van der Waals surface area contributed by atoms with E-state index < -0.39 is 12.0 Å². The molecular weight excluding hydrogens is 327 g/mol. The summed E-state index contributed by atoms with van der Waals surface area (Å²) in [5.74, 6) is -0.911. The van der Waals surface area contributed by atoms with Crippen molar-refractivity contribution in [1.29, 1.82) is 0 Å². The first-order valence-corrected chi connectivity index (χ1v) is 6.87. The van der Waals surface area contributed by atoms with E-state index in [2.05, 4.69) is 10.6 Å². The fourth-order valence-corrected chi connectivity index (χ4v) is 2.01. The standard InChI is InChI=1S/C12H13Cl3N2O3/c1-6(2-3-11(18)19)16-12(20)17-10-5-8(14)7(13)4-9(10)15/h4-6H,2-3H2,1H3,(H,18,19)(H2,16,17,20). The van der Waals surface area contributed by atoms with E-state index in [4.69, 9.17) is 39.9 Å². The van der Waals surface area contributed by atoms with Crippen molar-refractivity contribution in [2.24, 2.45) is 0 Å². The van der Waals surface area contributed by atoms with Gasteiger partial charge in [0.1, 0.15) is 0 Å². The number of carboxylic acid groups (broad SMARTS) is 1. The molecule has 8 heteroatoms. The van der Waals surface area contributed by atoms with Crippen LogP contribution in [0.15, 0.2) is 12.1 Å². The number of carbonyl (C=O) groups is 2. The van der Waals surface area contributed by atoms with Gasteiger partial charge < -0.3 is 15.7 Å². The molecule has 0 saturated heterocycles. The second-order valence-electron chi connectivity index (χ2n) is 4.18. The molecule has 3 N–H and O–H groups in total. The summed E-state index contributed by atoms with van der Waals surface area (Å²) < 4.78 is 0. The number of anilines is 1. The molecule has 0 bridgehead atoms. The van der Waals surface area contributed by atoms with E-state index in [9.17, 15) is 9.59 Å². The summed E-state index contributed by atoms with van der Waals surface area (Å²) in [7, 11) is 0. The molecule has 0 aliphatic rings. The molecule has 0 saturated carbocycles. The van der Waals surface area contributed by atoms with Crippen molar-refractivity contribution < 1.29 is 14.7 Å². The third kappa shape index (κ3) is 5.45. The zero-order chi connectivity index (χ0) is 15.3. The van der Waals surface area contributed by atoms with Crippen molar-refractivity contribution in [2.45, 2.75) is 25.8 Å². The molecule has 0 spiro atoms. The van der Waals surface area contributed by atoms with Crippen LogP contribution in [0.3, 0.4) is 0 Å². The number of urea groups is 1. The minimum atomic E-state index is -0.911.